The van der Waals surface area contributed by atoms with E-state index in [0.717, 1.165) is 5.69 Å². The van der Waals surface area contributed by atoms with E-state index in [2.05, 4.69) is 20.3 Å². The molecule has 0 unspecified atom stereocenters. The topological polar surface area (TPSA) is 138 Å². The number of aromatic nitrogens is 4. The van der Waals surface area contributed by atoms with Crippen LogP contribution < -0.4 is 19.8 Å². The minimum atomic E-state index is -0.459. The van der Waals surface area contributed by atoms with Crippen LogP contribution in [0.15, 0.2) is 55.0 Å². The van der Waals surface area contributed by atoms with Gasteiger partial charge in [-0.05, 0) is 36.4 Å². The maximum absolute atomic E-state index is 13.4. The quantitative estimate of drug-likeness (QED) is 0.241. The van der Waals surface area contributed by atoms with Crippen LogP contribution in [0.25, 0.3) is 22.8 Å². The number of carbonyl (C=O) groups excluding carboxylic acids is 1. The molecule has 0 fully saturated rings. The van der Waals surface area contributed by atoms with Gasteiger partial charge in [-0.3, -0.25) is 4.79 Å². The van der Waals surface area contributed by atoms with E-state index in [0.29, 0.717) is 47.3 Å². The summed E-state index contributed by atoms with van der Waals surface area (Å²) < 4.78 is 20.3. The molecule has 0 atom stereocenters. The Hall–Kier alpha value is -4.42. The highest BCUT2D eigenvalue weighted by Gasteiger charge is 2.21. The fourth-order valence-corrected chi connectivity index (χ4v) is 3.85. The molecule has 2 aromatic heterocycles. The number of amides is 1. The van der Waals surface area contributed by atoms with Gasteiger partial charge >= 0.3 is 0 Å². The molecule has 194 valence electrons. The smallest absolute Gasteiger partial charge is 0.273 e. The second kappa shape index (κ2) is 11.5. The minimum Gasteiger partial charge on any atom is -0.494 e. The summed E-state index contributed by atoms with van der Waals surface area (Å²) in [5.74, 6) is -0.0945. The Kier molecular flexibility index (Phi) is 8.01. The predicted molar refractivity (Wildman–Crippen MR) is 135 cm³/mol. The summed E-state index contributed by atoms with van der Waals surface area (Å²) in [4.78, 5) is 31.9. The Balaban J connectivity index is 1.59. The maximum Gasteiger partial charge on any atom is 0.273 e. The summed E-state index contributed by atoms with van der Waals surface area (Å²) in [6, 6.07) is 11.0. The number of methoxy groups -OCH3 is 1. The number of hydrogen-bond donors (Lipinski definition) is 4. The Bertz CT molecular complexity index is 1350. The number of aliphatic hydroxyl groups is 2. The van der Waals surface area contributed by atoms with E-state index in [1.807, 2.05) is 0 Å². The van der Waals surface area contributed by atoms with Crippen LogP contribution in [0.3, 0.4) is 0 Å². The predicted octanol–water partition coefficient (Wildman–Crippen LogP) is 2.19. The molecule has 0 saturated carbocycles. The summed E-state index contributed by atoms with van der Waals surface area (Å²) >= 11 is 0. The van der Waals surface area contributed by atoms with Crippen LogP contribution in [0.5, 0.6) is 5.75 Å². The number of H-pyrrole nitrogens is 1. The zero-order valence-electron chi connectivity index (χ0n) is 20.3. The third-order valence-corrected chi connectivity index (χ3v) is 5.63. The van der Waals surface area contributed by atoms with E-state index in [-0.39, 0.29) is 24.7 Å². The number of benzene rings is 2. The highest BCUT2D eigenvalue weighted by molar-refractivity contribution is 6.04. The Morgan fingerprint density at radius 3 is 2.49 bits per heavy atom. The Morgan fingerprint density at radius 1 is 1.11 bits per heavy atom. The number of halogens is 1. The summed E-state index contributed by atoms with van der Waals surface area (Å²) in [7, 11) is 2.95. The molecule has 2 aromatic carbocycles. The van der Waals surface area contributed by atoms with Crippen molar-refractivity contribution < 1.29 is 29.0 Å². The van der Waals surface area contributed by atoms with Gasteiger partial charge in [0.25, 0.3) is 5.91 Å². The third kappa shape index (κ3) is 5.55. The lowest BCUT2D eigenvalue weighted by Crippen LogP contribution is -2.29. The first kappa shape index (κ1) is 25.7. The van der Waals surface area contributed by atoms with Gasteiger partial charge in [0.05, 0.1) is 32.2 Å². The molecular formula is C25H27FN6O5. The molecule has 4 rings (SSSR count). The van der Waals surface area contributed by atoms with Gasteiger partial charge in [-0.2, -0.15) is 4.73 Å². The number of nitrogens with one attached hydrogen (secondary N) is 2. The van der Waals surface area contributed by atoms with Gasteiger partial charge in [0.15, 0.2) is 11.5 Å². The molecule has 4 N–H and O–H groups in total. The van der Waals surface area contributed by atoms with Gasteiger partial charge in [-0.25, -0.2) is 14.4 Å². The van der Waals surface area contributed by atoms with E-state index in [4.69, 9.17) is 9.57 Å². The van der Waals surface area contributed by atoms with Crippen molar-refractivity contribution in [2.24, 2.45) is 0 Å². The van der Waals surface area contributed by atoms with Crippen molar-refractivity contribution in [3.05, 3.63) is 66.5 Å². The van der Waals surface area contributed by atoms with Crippen LogP contribution in [0, 0.1) is 5.82 Å². The van der Waals surface area contributed by atoms with E-state index < -0.39 is 5.91 Å². The first-order chi connectivity index (χ1) is 18.0. The van der Waals surface area contributed by atoms with Gasteiger partial charge in [0.2, 0.25) is 0 Å². The number of rotatable bonds is 11. The van der Waals surface area contributed by atoms with Gasteiger partial charge in [-0.1, -0.05) is 0 Å². The summed E-state index contributed by atoms with van der Waals surface area (Å²) in [6.07, 6.45) is 2.84. The van der Waals surface area contributed by atoms with Crippen LogP contribution in [-0.4, -0.2) is 76.3 Å². The highest BCUT2D eigenvalue weighted by atomic mass is 19.1. The molecule has 0 radical (unpaired) electrons. The third-order valence-electron chi connectivity index (χ3n) is 5.63. The molecule has 0 bridgehead atoms. The number of aliphatic hydroxyl groups excluding tert-OH is 2. The summed E-state index contributed by atoms with van der Waals surface area (Å²) in [5.41, 5.74) is 2.93. The zero-order chi connectivity index (χ0) is 26.4. The maximum atomic E-state index is 13.4. The van der Waals surface area contributed by atoms with E-state index >= 15 is 0 Å². The van der Waals surface area contributed by atoms with Crippen molar-refractivity contribution in [1.29, 1.82) is 0 Å². The lowest BCUT2D eigenvalue weighted by atomic mass is 10.1. The Labute approximate surface area is 212 Å². The molecule has 0 aliphatic carbocycles. The number of nitrogens with zero attached hydrogens (tertiary/aromatic N) is 4. The summed E-state index contributed by atoms with van der Waals surface area (Å²) in [6.45, 7) is 0.524. The lowest BCUT2D eigenvalue weighted by Gasteiger charge is -2.24. The number of ether oxygens (including phenoxy) is 1. The zero-order valence-corrected chi connectivity index (χ0v) is 20.3. The first-order valence-electron chi connectivity index (χ1n) is 11.4. The normalized spacial score (nSPS) is 10.8. The number of carbonyl (C=O) groups is 1. The molecule has 4 aromatic rings. The first-order valence-corrected chi connectivity index (χ1v) is 11.4. The van der Waals surface area contributed by atoms with Gasteiger partial charge in [0.1, 0.15) is 36.4 Å². The average molecular weight is 511 g/mol. The summed E-state index contributed by atoms with van der Waals surface area (Å²) in [5, 5.41) is 21.4. The highest BCUT2D eigenvalue weighted by Crippen LogP contribution is 2.31. The van der Waals surface area contributed by atoms with E-state index in [9.17, 15) is 19.4 Å². The molecule has 0 aliphatic rings. The molecule has 0 saturated heterocycles. The minimum absolute atomic E-state index is 0.0756. The van der Waals surface area contributed by atoms with E-state index in [1.165, 1.54) is 43.6 Å². The molecule has 12 heteroatoms. The fraction of sp³-hybridized carbons (Fsp3) is 0.240. The van der Waals surface area contributed by atoms with Crippen LogP contribution >= 0.6 is 0 Å². The van der Waals surface area contributed by atoms with Crippen molar-refractivity contribution in [1.82, 2.24) is 19.7 Å². The largest absolute Gasteiger partial charge is 0.494 e. The van der Waals surface area contributed by atoms with Crippen molar-refractivity contribution in [3.63, 3.8) is 0 Å². The average Bonchev–Trinajstić information content (AvgIpc) is 3.56. The van der Waals surface area contributed by atoms with Crippen molar-refractivity contribution >= 4 is 17.3 Å². The molecular weight excluding hydrogens is 483 g/mol. The molecule has 11 nitrogen and oxygen atoms in total. The monoisotopic (exact) mass is 510 g/mol. The second-order valence-electron chi connectivity index (χ2n) is 7.88. The number of imidazole rings is 2. The van der Waals surface area contributed by atoms with Gasteiger partial charge in [0, 0.05) is 30.4 Å². The van der Waals surface area contributed by atoms with E-state index in [1.54, 1.807) is 35.2 Å². The number of aromatic amines is 1. The Morgan fingerprint density at radius 2 is 1.84 bits per heavy atom. The van der Waals surface area contributed by atoms with Gasteiger partial charge in [-0.15, -0.1) is 0 Å². The van der Waals surface area contributed by atoms with Crippen LogP contribution in [0.1, 0.15) is 10.5 Å². The number of hydrogen-bond acceptors (Lipinski definition) is 8. The molecule has 2 heterocycles. The standard InChI is InChI=1S/C25H27FN6O5/c1-36-21-13-18(31(9-11-33)10-12-34)7-8-19(21)30-25(35)20-14-27-24(29-20)23-22(28-15-32(23)37-2)16-3-5-17(26)6-4-16/h3-8,13-15,33-34H,9-12H2,1-2H3,(H,27,29)(H,30,35). The van der Waals surface area contributed by atoms with Crippen molar-refractivity contribution in [2.75, 3.05) is 50.7 Å². The van der Waals surface area contributed by atoms with Crippen LogP contribution in [0.2, 0.25) is 0 Å². The fourth-order valence-electron chi connectivity index (χ4n) is 3.85. The van der Waals surface area contributed by atoms with Crippen LogP contribution in [0.4, 0.5) is 15.8 Å². The molecule has 0 aliphatic heterocycles. The lowest BCUT2D eigenvalue weighted by molar-refractivity contribution is 0.102. The number of anilines is 2. The second-order valence-corrected chi connectivity index (χ2v) is 7.88. The van der Waals surface area contributed by atoms with Crippen LogP contribution in [-0.2, 0) is 0 Å². The van der Waals surface area contributed by atoms with Gasteiger partial charge < -0.3 is 35.0 Å². The van der Waals surface area contributed by atoms with Crippen molar-refractivity contribution in [3.8, 4) is 28.5 Å². The van der Waals surface area contributed by atoms with Crippen molar-refractivity contribution in [2.45, 2.75) is 0 Å². The molecule has 37 heavy (non-hydrogen) atoms. The molecule has 0 spiro atoms. The molecule has 1 amide bonds. The SMILES string of the molecule is COc1cc(N(CCO)CCO)ccc1NC(=O)c1cnc(-c2c(-c3ccc(F)cc3)ncn2OC)[nH]1.